The van der Waals surface area contributed by atoms with Gasteiger partial charge in [-0.2, -0.15) is 0 Å². The molecule has 1 fully saturated rings. The summed E-state index contributed by atoms with van der Waals surface area (Å²) >= 11 is 0. The Labute approximate surface area is 217 Å². The largest absolute Gasteiger partial charge is 0.492 e. The summed E-state index contributed by atoms with van der Waals surface area (Å²) in [7, 11) is 0. The van der Waals surface area contributed by atoms with E-state index >= 15 is 0 Å². The van der Waals surface area contributed by atoms with E-state index in [0.29, 0.717) is 19.6 Å². The normalized spacial score (nSPS) is 17.9. The van der Waals surface area contributed by atoms with E-state index in [1.807, 2.05) is 19.1 Å². The number of esters is 1. The molecule has 0 amide bonds. The Bertz CT molecular complexity index is 1070. The molecule has 0 aromatic heterocycles. The van der Waals surface area contributed by atoms with Gasteiger partial charge in [0.2, 0.25) is 0 Å². The molecule has 1 heterocycles. The minimum absolute atomic E-state index is 0.0993. The molecular weight excluding hydrogens is 448 g/mol. The summed E-state index contributed by atoms with van der Waals surface area (Å²) in [5.41, 5.74) is 5.19. The number of hydrogen-bond acceptors (Lipinski definition) is 4. The lowest BCUT2D eigenvalue weighted by atomic mass is 9.70. The number of rotatable bonds is 12. The maximum absolute atomic E-state index is 11.8. The van der Waals surface area contributed by atoms with Crippen molar-refractivity contribution in [3.05, 3.63) is 70.3 Å². The topological polar surface area (TPSA) is 55.8 Å². The summed E-state index contributed by atoms with van der Waals surface area (Å²) in [6.07, 6.45) is 9.19. The van der Waals surface area contributed by atoms with Crippen LogP contribution in [0.25, 0.3) is 6.08 Å². The molecule has 2 aromatic rings. The highest BCUT2D eigenvalue weighted by Crippen LogP contribution is 2.41. The van der Waals surface area contributed by atoms with Crippen molar-refractivity contribution in [1.29, 1.82) is 0 Å². The fraction of sp³-hybridized carbons (Fsp3) is 0.531. The molecule has 1 unspecified atom stereocenters. The maximum Gasteiger partial charge on any atom is 0.312 e. The standard InChI is InChI=1S/C32H44O4/c1-7-17-31(34,8-2)18-15-25-11-12-27(20-23(25)5)32(9-3,10-4)28-13-14-29(24(6)21-28)36-22-26-16-19-35-30(26)33/h11-15,18,20-21,26,34H,7-10,16-17,19,22H2,1-6H3/t26?,31-/m0/s1. The van der Waals surface area contributed by atoms with Crippen LogP contribution in [0.2, 0.25) is 0 Å². The molecule has 0 aliphatic carbocycles. The summed E-state index contributed by atoms with van der Waals surface area (Å²) in [5, 5.41) is 10.8. The lowest BCUT2D eigenvalue weighted by Crippen LogP contribution is -2.26. The number of carbonyl (C=O) groups is 1. The van der Waals surface area contributed by atoms with Crippen LogP contribution in [0.3, 0.4) is 0 Å². The van der Waals surface area contributed by atoms with Crippen molar-refractivity contribution < 1.29 is 19.4 Å². The summed E-state index contributed by atoms with van der Waals surface area (Å²) in [5.74, 6) is 0.505. The fourth-order valence-corrected chi connectivity index (χ4v) is 5.44. The number of cyclic esters (lactones) is 1. The van der Waals surface area contributed by atoms with Crippen LogP contribution in [-0.4, -0.2) is 29.9 Å². The van der Waals surface area contributed by atoms with Gasteiger partial charge >= 0.3 is 5.97 Å². The van der Waals surface area contributed by atoms with Crippen molar-refractivity contribution in [3.63, 3.8) is 0 Å². The highest BCUT2D eigenvalue weighted by atomic mass is 16.5. The van der Waals surface area contributed by atoms with E-state index in [4.69, 9.17) is 9.47 Å². The first-order valence-corrected chi connectivity index (χ1v) is 13.6. The molecule has 1 saturated heterocycles. The molecular formula is C32H44O4. The summed E-state index contributed by atoms with van der Waals surface area (Å²) < 4.78 is 11.1. The molecule has 196 valence electrons. The molecule has 1 aliphatic heterocycles. The van der Waals surface area contributed by atoms with E-state index < -0.39 is 5.60 Å². The number of aliphatic hydroxyl groups is 1. The summed E-state index contributed by atoms with van der Waals surface area (Å²) in [6.45, 7) is 13.7. The Hall–Kier alpha value is -2.59. The number of carbonyl (C=O) groups excluding carboxylic acids is 1. The number of ether oxygens (including phenoxy) is 2. The third-order valence-electron chi connectivity index (χ3n) is 8.11. The summed E-state index contributed by atoms with van der Waals surface area (Å²) in [6, 6.07) is 13.2. The summed E-state index contributed by atoms with van der Waals surface area (Å²) in [4.78, 5) is 11.8. The fourth-order valence-electron chi connectivity index (χ4n) is 5.44. The van der Waals surface area contributed by atoms with Gasteiger partial charge in [-0.15, -0.1) is 0 Å². The average Bonchev–Trinajstić information content (AvgIpc) is 3.28. The molecule has 0 saturated carbocycles. The zero-order valence-corrected chi connectivity index (χ0v) is 23.0. The van der Waals surface area contributed by atoms with Gasteiger partial charge in [0.05, 0.1) is 18.1 Å². The molecule has 1 aliphatic rings. The second-order valence-corrected chi connectivity index (χ2v) is 10.3. The predicted molar refractivity (Wildman–Crippen MR) is 147 cm³/mol. The zero-order valence-electron chi connectivity index (χ0n) is 23.0. The third kappa shape index (κ3) is 6.03. The number of benzene rings is 2. The van der Waals surface area contributed by atoms with Crippen molar-refractivity contribution >= 4 is 12.0 Å². The van der Waals surface area contributed by atoms with Gasteiger partial charge in [-0.1, -0.05) is 76.6 Å². The first-order chi connectivity index (χ1) is 17.2. The molecule has 2 atom stereocenters. The van der Waals surface area contributed by atoms with Crippen LogP contribution in [0.4, 0.5) is 0 Å². The minimum Gasteiger partial charge on any atom is -0.492 e. The van der Waals surface area contributed by atoms with E-state index in [0.717, 1.165) is 49.0 Å². The zero-order chi connectivity index (χ0) is 26.3. The van der Waals surface area contributed by atoms with Crippen molar-refractivity contribution in [1.82, 2.24) is 0 Å². The third-order valence-corrected chi connectivity index (χ3v) is 8.11. The molecule has 2 aromatic carbocycles. The highest BCUT2D eigenvalue weighted by Gasteiger charge is 2.32. The van der Waals surface area contributed by atoms with Crippen molar-refractivity contribution in [3.8, 4) is 5.75 Å². The van der Waals surface area contributed by atoms with Gasteiger partial charge in [0.1, 0.15) is 12.4 Å². The molecule has 4 nitrogen and oxygen atoms in total. The SMILES string of the molecule is CCC[C@](O)(C=Cc1ccc(C(CC)(CC)c2ccc(OCC3CCOC3=O)c(C)c2)cc1C)CC. The van der Waals surface area contributed by atoms with Gasteiger partial charge in [0.25, 0.3) is 0 Å². The Morgan fingerprint density at radius 2 is 1.67 bits per heavy atom. The minimum atomic E-state index is -0.740. The molecule has 36 heavy (non-hydrogen) atoms. The van der Waals surface area contributed by atoms with Gasteiger partial charge in [-0.25, -0.2) is 0 Å². The van der Waals surface area contributed by atoms with Gasteiger partial charge in [-0.3, -0.25) is 4.79 Å². The smallest absolute Gasteiger partial charge is 0.312 e. The van der Waals surface area contributed by atoms with Crippen LogP contribution >= 0.6 is 0 Å². The van der Waals surface area contributed by atoms with Gasteiger partial charge in [0, 0.05) is 5.41 Å². The monoisotopic (exact) mass is 492 g/mol. The van der Waals surface area contributed by atoms with E-state index in [9.17, 15) is 9.90 Å². The lowest BCUT2D eigenvalue weighted by molar-refractivity contribution is -0.141. The molecule has 3 rings (SSSR count). The highest BCUT2D eigenvalue weighted by molar-refractivity contribution is 5.74. The van der Waals surface area contributed by atoms with E-state index in [1.165, 1.54) is 16.7 Å². The second kappa shape index (κ2) is 12.1. The quantitative estimate of drug-likeness (QED) is 0.316. The van der Waals surface area contributed by atoms with Crippen molar-refractivity contribution in [2.45, 2.75) is 91.1 Å². The predicted octanol–water partition coefficient (Wildman–Crippen LogP) is 7.31. The van der Waals surface area contributed by atoms with Gasteiger partial charge in [-0.05, 0) is 79.8 Å². The van der Waals surface area contributed by atoms with E-state index in [-0.39, 0.29) is 17.3 Å². The maximum atomic E-state index is 11.8. The second-order valence-electron chi connectivity index (χ2n) is 10.3. The van der Waals surface area contributed by atoms with Crippen LogP contribution in [0, 0.1) is 19.8 Å². The molecule has 1 N–H and O–H groups in total. The van der Waals surface area contributed by atoms with Crippen LogP contribution in [0.5, 0.6) is 5.75 Å². The Morgan fingerprint density at radius 1 is 1.00 bits per heavy atom. The first-order valence-electron chi connectivity index (χ1n) is 13.6. The first kappa shape index (κ1) is 28.0. The van der Waals surface area contributed by atoms with Crippen LogP contribution in [0.1, 0.15) is 94.0 Å². The van der Waals surface area contributed by atoms with E-state index in [1.54, 1.807) is 0 Å². The number of aryl methyl sites for hydroxylation is 2. The molecule has 4 heteroatoms. The molecule has 0 spiro atoms. The Morgan fingerprint density at radius 3 is 2.19 bits per heavy atom. The van der Waals surface area contributed by atoms with E-state index in [2.05, 4.69) is 71.0 Å². The van der Waals surface area contributed by atoms with Crippen LogP contribution in [0.15, 0.2) is 42.5 Å². The van der Waals surface area contributed by atoms with Crippen LogP contribution in [-0.2, 0) is 14.9 Å². The van der Waals surface area contributed by atoms with Gasteiger partial charge in [0.15, 0.2) is 0 Å². The Balaban J connectivity index is 1.86. The Kier molecular flexibility index (Phi) is 9.41. The lowest BCUT2D eigenvalue weighted by Gasteiger charge is -2.34. The molecule has 0 bridgehead atoms. The van der Waals surface area contributed by atoms with Crippen molar-refractivity contribution in [2.75, 3.05) is 13.2 Å². The number of hydrogen-bond donors (Lipinski definition) is 1. The van der Waals surface area contributed by atoms with Crippen molar-refractivity contribution in [2.24, 2.45) is 5.92 Å². The average molecular weight is 493 g/mol. The van der Waals surface area contributed by atoms with Crippen LogP contribution < -0.4 is 4.74 Å². The van der Waals surface area contributed by atoms with Gasteiger partial charge < -0.3 is 14.6 Å². The molecule has 0 radical (unpaired) electrons.